The van der Waals surface area contributed by atoms with E-state index in [9.17, 15) is 0 Å². The first-order valence-electron chi connectivity index (χ1n) is 7.27. The van der Waals surface area contributed by atoms with Crippen LogP contribution in [0.5, 0.6) is 0 Å². The van der Waals surface area contributed by atoms with E-state index in [1.807, 2.05) is 0 Å². The van der Waals surface area contributed by atoms with Crippen molar-refractivity contribution in [2.24, 2.45) is 5.73 Å². The van der Waals surface area contributed by atoms with Gasteiger partial charge < -0.3 is 5.73 Å². The number of nitrogens with two attached hydrogens (primary N) is 1. The zero-order chi connectivity index (χ0) is 13.5. The zero-order valence-electron chi connectivity index (χ0n) is 11.5. The highest BCUT2D eigenvalue weighted by atomic mass is 35.5. The number of hydrogen-bond acceptors (Lipinski definition) is 2. The molecule has 1 aromatic rings. The molecule has 0 spiro atoms. The van der Waals surface area contributed by atoms with E-state index in [4.69, 9.17) is 17.3 Å². The summed E-state index contributed by atoms with van der Waals surface area (Å²) >= 11 is 8.61. The molecule has 0 amide bonds. The van der Waals surface area contributed by atoms with Gasteiger partial charge in [0, 0.05) is 16.5 Å². The van der Waals surface area contributed by atoms with Crippen molar-refractivity contribution in [3.63, 3.8) is 0 Å². The first kappa shape index (κ1) is 13.8. The lowest BCUT2D eigenvalue weighted by molar-refractivity contribution is 0.555. The highest BCUT2D eigenvalue weighted by molar-refractivity contribution is 7.99. The molecule has 1 unspecified atom stereocenters. The van der Waals surface area contributed by atoms with E-state index >= 15 is 0 Å². The van der Waals surface area contributed by atoms with Crippen molar-refractivity contribution < 1.29 is 0 Å². The summed E-state index contributed by atoms with van der Waals surface area (Å²) in [5.41, 5.74) is 9.06. The Morgan fingerprint density at radius 3 is 2.53 bits per heavy atom. The molecule has 0 radical (unpaired) electrons. The quantitative estimate of drug-likeness (QED) is 0.898. The highest BCUT2D eigenvalue weighted by Gasteiger charge is 2.47. The van der Waals surface area contributed by atoms with Gasteiger partial charge in [-0.3, -0.25) is 0 Å². The average molecular weight is 296 g/mol. The Hall–Kier alpha value is -0.180. The Morgan fingerprint density at radius 2 is 2.00 bits per heavy atom. The number of benzene rings is 1. The Bertz CT molecular complexity index is 462. The van der Waals surface area contributed by atoms with Crippen LogP contribution in [-0.4, -0.2) is 17.5 Å². The number of hydrogen-bond donors (Lipinski definition) is 1. The van der Waals surface area contributed by atoms with Gasteiger partial charge in [0.2, 0.25) is 0 Å². The van der Waals surface area contributed by atoms with Gasteiger partial charge in [0.15, 0.2) is 0 Å². The molecule has 1 heterocycles. The summed E-state index contributed by atoms with van der Waals surface area (Å²) in [6.07, 6.45) is 4.95. The fourth-order valence-corrected chi connectivity index (χ4v) is 4.76. The second-order valence-corrected chi connectivity index (χ2v) is 7.70. The van der Waals surface area contributed by atoms with Crippen molar-refractivity contribution in [1.82, 2.24) is 0 Å². The largest absolute Gasteiger partial charge is 0.327 e. The predicted octanol–water partition coefficient (Wildman–Crippen LogP) is 4.33. The Kier molecular flexibility index (Phi) is 3.85. The molecule has 3 heteroatoms. The van der Waals surface area contributed by atoms with Crippen molar-refractivity contribution in [2.75, 3.05) is 11.5 Å². The highest BCUT2D eigenvalue weighted by Crippen LogP contribution is 2.51. The van der Waals surface area contributed by atoms with Gasteiger partial charge in [0.25, 0.3) is 0 Å². The summed E-state index contributed by atoms with van der Waals surface area (Å²) in [6, 6.07) is 6.95. The van der Waals surface area contributed by atoms with Crippen LogP contribution >= 0.6 is 23.4 Å². The zero-order valence-corrected chi connectivity index (χ0v) is 13.1. The maximum atomic E-state index is 6.55. The lowest BCUT2D eigenvalue weighted by Crippen LogP contribution is -2.31. The fourth-order valence-electron chi connectivity index (χ4n) is 3.32. The third-order valence-corrected chi connectivity index (χ3v) is 6.27. The van der Waals surface area contributed by atoms with Crippen LogP contribution in [-0.2, 0) is 5.41 Å². The lowest BCUT2D eigenvalue weighted by Gasteiger charge is -2.25. The molecule has 0 aromatic heterocycles. The molecule has 19 heavy (non-hydrogen) atoms. The molecule has 3 rings (SSSR count). The van der Waals surface area contributed by atoms with Crippen molar-refractivity contribution in [3.05, 3.63) is 34.3 Å². The first-order chi connectivity index (χ1) is 9.13. The van der Waals surface area contributed by atoms with Gasteiger partial charge in [-0.15, -0.1) is 0 Å². The van der Waals surface area contributed by atoms with E-state index < -0.39 is 0 Å². The summed E-state index contributed by atoms with van der Waals surface area (Å²) in [4.78, 5) is 0. The fraction of sp³-hybridized carbons (Fsp3) is 0.625. The van der Waals surface area contributed by atoms with Crippen LogP contribution in [0.1, 0.15) is 49.7 Å². The van der Waals surface area contributed by atoms with Crippen LogP contribution < -0.4 is 5.73 Å². The lowest BCUT2D eigenvalue weighted by atomic mass is 9.86. The molecular formula is C16H22ClNS. The molecule has 1 aliphatic heterocycles. The number of halogens is 1. The summed E-state index contributed by atoms with van der Waals surface area (Å²) in [5.74, 6) is 3.20. The SMILES string of the molecule is CC(N)C1(c2ccc(C3CCSCC3)c(Cl)c2)CC1. The van der Waals surface area contributed by atoms with Crippen LogP contribution in [0, 0.1) is 0 Å². The second kappa shape index (κ2) is 5.31. The molecule has 2 fully saturated rings. The van der Waals surface area contributed by atoms with Crippen LogP contribution in [0.25, 0.3) is 0 Å². The van der Waals surface area contributed by atoms with Crippen molar-refractivity contribution >= 4 is 23.4 Å². The van der Waals surface area contributed by atoms with Crippen LogP contribution in [0.15, 0.2) is 18.2 Å². The van der Waals surface area contributed by atoms with Gasteiger partial charge >= 0.3 is 0 Å². The smallest absolute Gasteiger partial charge is 0.0443 e. The number of thioether (sulfide) groups is 1. The molecule has 0 bridgehead atoms. The van der Waals surface area contributed by atoms with Gasteiger partial charge in [0.05, 0.1) is 0 Å². The summed E-state index contributed by atoms with van der Waals surface area (Å²) in [5, 5.41) is 0.960. The first-order valence-corrected chi connectivity index (χ1v) is 8.80. The van der Waals surface area contributed by atoms with E-state index in [0.29, 0.717) is 5.92 Å². The average Bonchev–Trinajstić information content (AvgIpc) is 3.21. The van der Waals surface area contributed by atoms with Crippen LogP contribution in [0.2, 0.25) is 5.02 Å². The number of rotatable bonds is 3. The molecular weight excluding hydrogens is 274 g/mol. The van der Waals surface area contributed by atoms with E-state index in [2.05, 4.69) is 36.9 Å². The third kappa shape index (κ3) is 2.55. The maximum absolute atomic E-state index is 6.55. The van der Waals surface area contributed by atoms with Gasteiger partial charge in [-0.05, 0) is 67.2 Å². The maximum Gasteiger partial charge on any atom is 0.0443 e. The normalized spacial score (nSPS) is 24.2. The summed E-state index contributed by atoms with van der Waals surface area (Å²) in [6.45, 7) is 2.12. The second-order valence-electron chi connectivity index (χ2n) is 6.07. The standard InChI is InChI=1S/C16H22ClNS/c1-11(18)16(6-7-16)13-2-3-14(15(17)10-13)12-4-8-19-9-5-12/h2-3,10-12H,4-9,18H2,1H3. The van der Waals surface area contributed by atoms with E-state index in [0.717, 1.165) is 5.02 Å². The van der Waals surface area contributed by atoms with Crippen LogP contribution in [0.3, 0.4) is 0 Å². The van der Waals surface area contributed by atoms with Gasteiger partial charge in [0.1, 0.15) is 0 Å². The molecule has 1 saturated carbocycles. The van der Waals surface area contributed by atoms with Gasteiger partial charge in [-0.2, -0.15) is 11.8 Å². The molecule has 1 atom stereocenters. The molecule has 1 saturated heterocycles. The van der Waals surface area contributed by atoms with E-state index in [-0.39, 0.29) is 11.5 Å². The summed E-state index contributed by atoms with van der Waals surface area (Å²) in [7, 11) is 0. The minimum absolute atomic E-state index is 0.213. The Balaban J connectivity index is 1.86. The third-order valence-electron chi connectivity index (χ3n) is 4.90. The monoisotopic (exact) mass is 295 g/mol. The molecule has 1 aromatic carbocycles. The topological polar surface area (TPSA) is 26.0 Å². The van der Waals surface area contributed by atoms with Crippen molar-refractivity contribution in [2.45, 2.75) is 50.0 Å². The minimum atomic E-state index is 0.213. The molecule has 1 nitrogen and oxygen atoms in total. The van der Waals surface area contributed by atoms with E-state index in [1.54, 1.807) is 0 Å². The molecule has 1 aliphatic carbocycles. The van der Waals surface area contributed by atoms with Crippen LogP contribution in [0.4, 0.5) is 0 Å². The van der Waals surface area contributed by atoms with Gasteiger partial charge in [-0.25, -0.2) is 0 Å². The Morgan fingerprint density at radius 1 is 1.32 bits per heavy atom. The van der Waals surface area contributed by atoms with Crippen molar-refractivity contribution in [3.8, 4) is 0 Å². The Labute approximate surface area is 125 Å². The molecule has 2 aliphatic rings. The summed E-state index contributed by atoms with van der Waals surface area (Å²) < 4.78 is 0. The van der Waals surface area contributed by atoms with Crippen molar-refractivity contribution in [1.29, 1.82) is 0 Å². The van der Waals surface area contributed by atoms with E-state index in [1.165, 1.54) is 48.3 Å². The molecule has 104 valence electrons. The van der Waals surface area contributed by atoms with Gasteiger partial charge in [-0.1, -0.05) is 23.7 Å². The molecule has 2 N–H and O–H groups in total. The predicted molar refractivity (Wildman–Crippen MR) is 85.3 cm³/mol. The minimum Gasteiger partial charge on any atom is -0.327 e.